The summed E-state index contributed by atoms with van der Waals surface area (Å²) in [7, 11) is -3.21. The van der Waals surface area contributed by atoms with Gasteiger partial charge >= 0.3 is 0 Å². The smallest absolute Gasteiger partial charge is 0.231 e. The summed E-state index contributed by atoms with van der Waals surface area (Å²) in [5, 5.41) is 1.00. The number of nitrogens with zero attached hydrogens (tertiary/aromatic N) is 2. The second-order valence-electron chi connectivity index (χ2n) is 5.96. The molecule has 0 unspecified atom stereocenters. The molecule has 0 aliphatic heterocycles. The molecule has 0 atom stereocenters. The molecule has 5 nitrogen and oxygen atoms in total. The van der Waals surface area contributed by atoms with E-state index >= 15 is 0 Å². The average Bonchev–Trinajstić information content (AvgIpc) is 3.06. The maximum absolute atomic E-state index is 11.6. The number of fused-ring (bicyclic) bond motifs is 3. The van der Waals surface area contributed by atoms with Gasteiger partial charge in [-0.3, -0.25) is 0 Å². The predicted molar refractivity (Wildman–Crippen MR) is 93.8 cm³/mol. The van der Waals surface area contributed by atoms with Crippen LogP contribution in [0.2, 0.25) is 0 Å². The molecule has 4 rings (SSSR count). The van der Waals surface area contributed by atoms with Crippen molar-refractivity contribution in [2.45, 2.75) is 31.1 Å². The van der Waals surface area contributed by atoms with Gasteiger partial charge in [0, 0.05) is 11.1 Å². The van der Waals surface area contributed by atoms with Crippen LogP contribution in [-0.2, 0) is 22.7 Å². The Kier molecular flexibility index (Phi) is 3.58. The largest absolute Gasteiger partial charge is 0.438 e. The van der Waals surface area contributed by atoms with Crippen LogP contribution in [0.1, 0.15) is 22.7 Å². The van der Waals surface area contributed by atoms with E-state index in [1.165, 1.54) is 16.7 Å². The van der Waals surface area contributed by atoms with Gasteiger partial charge < -0.3 is 4.74 Å². The lowest BCUT2D eigenvalue weighted by molar-refractivity contribution is 0.466. The molecule has 1 aliphatic rings. The van der Waals surface area contributed by atoms with Crippen molar-refractivity contribution >= 4 is 31.4 Å². The maximum Gasteiger partial charge on any atom is 0.231 e. The van der Waals surface area contributed by atoms with Crippen molar-refractivity contribution in [3.8, 4) is 11.6 Å². The molecule has 24 heavy (non-hydrogen) atoms. The number of sulfone groups is 1. The van der Waals surface area contributed by atoms with E-state index in [0.29, 0.717) is 17.5 Å². The van der Waals surface area contributed by atoms with E-state index in [2.05, 4.69) is 9.97 Å². The summed E-state index contributed by atoms with van der Waals surface area (Å²) >= 11 is 1.72. The summed E-state index contributed by atoms with van der Waals surface area (Å²) in [6.45, 7) is 1.85. The molecule has 0 saturated carbocycles. The van der Waals surface area contributed by atoms with Gasteiger partial charge in [-0.1, -0.05) is 0 Å². The standard InChI is InChI=1S/C17H16N2O3S2/c1-10-18-16(15-13-4-3-5-14(13)23-17(15)19-10)22-11-6-8-12(9-7-11)24(2,20)21/h6-9H,3-5H2,1-2H3. The van der Waals surface area contributed by atoms with Crippen LogP contribution in [0.25, 0.3) is 10.2 Å². The van der Waals surface area contributed by atoms with Crippen LogP contribution in [0.3, 0.4) is 0 Å². The third kappa shape index (κ3) is 2.67. The second kappa shape index (κ2) is 5.53. The first-order chi connectivity index (χ1) is 11.4. The van der Waals surface area contributed by atoms with Gasteiger partial charge in [0.1, 0.15) is 16.4 Å². The van der Waals surface area contributed by atoms with E-state index in [0.717, 1.165) is 29.5 Å². The molecule has 0 bridgehead atoms. The monoisotopic (exact) mass is 360 g/mol. The van der Waals surface area contributed by atoms with Gasteiger partial charge in [0.15, 0.2) is 9.84 Å². The molecule has 2 heterocycles. The van der Waals surface area contributed by atoms with E-state index < -0.39 is 9.84 Å². The number of ether oxygens (including phenoxy) is 1. The Morgan fingerprint density at radius 2 is 1.88 bits per heavy atom. The molecule has 0 amide bonds. The summed E-state index contributed by atoms with van der Waals surface area (Å²) in [5.74, 6) is 1.80. The summed E-state index contributed by atoms with van der Waals surface area (Å²) in [6, 6.07) is 6.42. The Bertz CT molecular complexity index is 1040. The highest BCUT2D eigenvalue weighted by molar-refractivity contribution is 7.90. The van der Waals surface area contributed by atoms with Crippen molar-refractivity contribution in [1.29, 1.82) is 0 Å². The zero-order valence-corrected chi connectivity index (χ0v) is 15.0. The molecule has 2 aromatic heterocycles. The Balaban J connectivity index is 1.77. The molecule has 1 aromatic carbocycles. The van der Waals surface area contributed by atoms with Crippen LogP contribution in [0, 0.1) is 6.92 Å². The molecule has 7 heteroatoms. The third-order valence-electron chi connectivity index (χ3n) is 4.11. The Morgan fingerprint density at radius 3 is 2.58 bits per heavy atom. The SMILES string of the molecule is Cc1nc(Oc2ccc(S(C)(=O)=O)cc2)c2c3c(sc2n1)CCC3. The average molecular weight is 360 g/mol. The Hall–Kier alpha value is -1.99. The summed E-state index contributed by atoms with van der Waals surface area (Å²) < 4.78 is 29.1. The molecule has 3 aromatic rings. The number of hydrogen-bond donors (Lipinski definition) is 0. The lowest BCUT2D eigenvalue weighted by Crippen LogP contribution is -1.97. The van der Waals surface area contributed by atoms with Crippen LogP contribution in [0.15, 0.2) is 29.2 Å². The van der Waals surface area contributed by atoms with E-state index in [9.17, 15) is 8.42 Å². The molecule has 0 fully saturated rings. The molecule has 0 saturated heterocycles. The van der Waals surface area contributed by atoms with Crippen molar-refractivity contribution in [3.63, 3.8) is 0 Å². The van der Waals surface area contributed by atoms with E-state index in [4.69, 9.17) is 4.74 Å². The fourth-order valence-corrected chi connectivity index (χ4v) is 4.93. The van der Waals surface area contributed by atoms with E-state index in [1.54, 1.807) is 35.6 Å². The second-order valence-corrected chi connectivity index (χ2v) is 9.06. The van der Waals surface area contributed by atoms with Gasteiger partial charge in [0.2, 0.25) is 5.88 Å². The first kappa shape index (κ1) is 15.5. The number of hydrogen-bond acceptors (Lipinski definition) is 6. The highest BCUT2D eigenvalue weighted by atomic mass is 32.2. The van der Waals surface area contributed by atoms with Crippen molar-refractivity contribution in [1.82, 2.24) is 9.97 Å². The number of aromatic nitrogens is 2. The normalized spacial score (nSPS) is 14.1. The van der Waals surface area contributed by atoms with Gasteiger partial charge in [0.05, 0.1) is 10.3 Å². The third-order valence-corrected chi connectivity index (χ3v) is 6.42. The molecule has 124 valence electrons. The highest BCUT2D eigenvalue weighted by Gasteiger charge is 2.23. The lowest BCUT2D eigenvalue weighted by atomic mass is 10.2. The zero-order valence-electron chi connectivity index (χ0n) is 13.4. The molecule has 0 spiro atoms. The van der Waals surface area contributed by atoms with Crippen LogP contribution in [0.4, 0.5) is 0 Å². The number of aryl methyl sites for hydroxylation is 3. The predicted octanol–water partition coefficient (Wildman–Crippen LogP) is 3.68. The number of rotatable bonds is 3. The van der Waals surface area contributed by atoms with Crippen molar-refractivity contribution in [3.05, 3.63) is 40.5 Å². The van der Waals surface area contributed by atoms with Gasteiger partial charge in [-0.15, -0.1) is 11.3 Å². The maximum atomic E-state index is 11.6. The van der Waals surface area contributed by atoms with Crippen LogP contribution in [-0.4, -0.2) is 24.6 Å². The first-order valence-electron chi connectivity index (χ1n) is 7.69. The molecular formula is C17H16N2O3S2. The summed E-state index contributed by atoms with van der Waals surface area (Å²) in [4.78, 5) is 11.6. The zero-order chi connectivity index (χ0) is 16.9. The summed E-state index contributed by atoms with van der Waals surface area (Å²) in [5.41, 5.74) is 1.30. The van der Waals surface area contributed by atoms with Crippen LogP contribution in [0.5, 0.6) is 11.6 Å². The quantitative estimate of drug-likeness (QED) is 0.712. The van der Waals surface area contributed by atoms with E-state index in [-0.39, 0.29) is 4.90 Å². The first-order valence-corrected chi connectivity index (χ1v) is 10.4. The topological polar surface area (TPSA) is 69.2 Å². The lowest BCUT2D eigenvalue weighted by Gasteiger charge is -2.08. The van der Waals surface area contributed by atoms with Gasteiger partial charge in [-0.25, -0.2) is 13.4 Å². The van der Waals surface area contributed by atoms with Crippen LogP contribution >= 0.6 is 11.3 Å². The van der Waals surface area contributed by atoms with Gasteiger partial charge in [0.25, 0.3) is 0 Å². The molecule has 1 aliphatic carbocycles. The molecule has 0 N–H and O–H groups in total. The Labute approximate surface area is 144 Å². The minimum Gasteiger partial charge on any atom is -0.438 e. The fourth-order valence-electron chi connectivity index (χ4n) is 3.00. The molecule has 0 radical (unpaired) electrons. The molecular weight excluding hydrogens is 344 g/mol. The Morgan fingerprint density at radius 1 is 1.12 bits per heavy atom. The minimum atomic E-state index is -3.21. The van der Waals surface area contributed by atoms with Crippen LogP contribution < -0.4 is 4.74 Å². The van der Waals surface area contributed by atoms with Gasteiger partial charge in [-0.05, 0) is 56.0 Å². The highest BCUT2D eigenvalue weighted by Crippen LogP contribution is 2.41. The fraction of sp³-hybridized carbons (Fsp3) is 0.294. The number of benzene rings is 1. The van der Waals surface area contributed by atoms with Crippen molar-refractivity contribution < 1.29 is 13.2 Å². The number of thiophene rings is 1. The van der Waals surface area contributed by atoms with Gasteiger partial charge in [-0.2, -0.15) is 4.98 Å². The van der Waals surface area contributed by atoms with Crippen molar-refractivity contribution in [2.75, 3.05) is 6.26 Å². The summed E-state index contributed by atoms with van der Waals surface area (Å²) in [6.07, 6.45) is 4.48. The van der Waals surface area contributed by atoms with Crippen molar-refractivity contribution in [2.24, 2.45) is 0 Å². The minimum absolute atomic E-state index is 0.273. The van der Waals surface area contributed by atoms with E-state index in [1.807, 2.05) is 6.92 Å².